The number of amides is 2. The van der Waals surface area contributed by atoms with E-state index in [0.29, 0.717) is 41.6 Å². The number of halogens is 1. The zero-order chi connectivity index (χ0) is 18.4. The topological polar surface area (TPSA) is 53.8 Å². The molecule has 2 atom stereocenters. The Bertz CT molecular complexity index is 876. The van der Waals surface area contributed by atoms with Crippen LogP contribution in [0.1, 0.15) is 29.0 Å². The summed E-state index contributed by atoms with van der Waals surface area (Å²) in [7, 11) is 1.86. The molecule has 6 heteroatoms. The Hall–Kier alpha value is -2.27. The van der Waals surface area contributed by atoms with Crippen molar-refractivity contribution in [2.45, 2.75) is 25.8 Å². The van der Waals surface area contributed by atoms with Gasteiger partial charge in [0, 0.05) is 44.1 Å². The standard InChI is InChI=1S/C20H21ClN2O3/c1-12-15(10-18(26-12)14-5-3-4-6-16(14)21)20(25)23-8-7-17-13(11-23)9-19(24)22(17)2/h3-6,10,13,17H,7-9,11H2,1-2H3/t13-,17+/m1/s1. The number of rotatable bonds is 2. The molecule has 0 unspecified atom stereocenters. The molecule has 1 aromatic heterocycles. The van der Waals surface area contributed by atoms with Gasteiger partial charge >= 0.3 is 0 Å². The molecule has 2 fully saturated rings. The van der Waals surface area contributed by atoms with Crippen molar-refractivity contribution in [1.29, 1.82) is 0 Å². The molecule has 3 heterocycles. The summed E-state index contributed by atoms with van der Waals surface area (Å²) in [5, 5.41) is 0.591. The third-order valence-electron chi connectivity index (χ3n) is 5.60. The van der Waals surface area contributed by atoms with Crippen molar-refractivity contribution in [3.8, 4) is 11.3 Å². The maximum atomic E-state index is 13.0. The number of benzene rings is 1. The molecule has 4 rings (SSSR count). The molecular weight excluding hydrogens is 352 g/mol. The summed E-state index contributed by atoms with van der Waals surface area (Å²) in [6.45, 7) is 3.07. The molecular formula is C20H21ClN2O3. The molecule has 1 aromatic carbocycles. The second kappa shape index (κ2) is 6.47. The van der Waals surface area contributed by atoms with Crippen LogP contribution in [-0.2, 0) is 4.79 Å². The number of fused-ring (bicyclic) bond motifs is 1. The Morgan fingerprint density at radius 3 is 2.85 bits per heavy atom. The third kappa shape index (κ3) is 2.80. The highest BCUT2D eigenvalue weighted by Crippen LogP contribution is 2.34. The molecule has 2 amide bonds. The van der Waals surface area contributed by atoms with Crippen LogP contribution in [0.5, 0.6) is 0 Å². The Labute approximate surface area is 157 Å². The number of piperidine rings is 1. The minimum Gasteiger partial charge on any atom is -0.460 e. The lowest BCUT2D eigenvalue weighted by molar-refractivity contribution is -0.127. The van der Waals surface area contributed by atoms with E-state index in [1.807, 2.05) is 35.0 Å². The number of likely N-dealkylation sites (tertiary alicyclic amines) is 2. The van der Waals surface area contributed by atoms with E-state index in [-0.39, 0.29) is 23.8 Å². The van der Waals surface area contributed by atoms with E-state index in [1.54, 1.807) is 19.1 Å². The number of nitrogens with zero attached hydrogens (tertiary/aromatic N) is 2. The van der Waals surface area contributed by atoms with Crippen LogP contribution in [0.2, 0.25) is 5.02 Å². The maximum Gasteiger partial charge on any atom is 0.257 e. The van der Waals surface area contributed by atoms with Gasteiger partial charge in [-0.05, 0) is 31.5 Å². The number of hydrogen-bond acceptors (Lipinski definition) is 3. The van der Waals surface area contributed by atoms with Crippen LogP contribution < -0.4 is 0 Å². The van der Waals surface area contributed by atoms with Gasteiger partial charge in [-0.25, -0.2) is 0 Å². The van der Waals surface area contributed by atoms with Crippen LogP contribution in [0.4, 0.5) is 0 Å². The van der Waals surface area contributed by atoms with Gasteiger partial charge in [0.25, 0.3) is 5.91 Å². The van der Waals surface area contributed by atoms with Crippen molar-refractivity contribution in [3.63, 3.8) is 0 Å². The molecule has 136 valence electrons. The van der Waals surface area contributed by atoms with Gasteiger partial charge in [-0.2, -0.15) is 0 Å². The average Bonchev–Trinajstić information content (AvgIpc) is 3.14. The zero-order valence-electron chi connectivity index (χ0n) is 14.9. The predicted octanol–water partition coefficient (Wildman–Crippen LogP) is 3.60. The first kappa shape index (κ1) is 17.2. The lowest BCUT2D eigenvalue weighted by Gasteiger charge is -2.36. The van der Waals surface area contributed by atoms with Crippen LogP contribution in [-0.4, -0.2) is 47.8 Å². The summed E-state index contributed by atoms with van der Waals surface area (Å²) in [4.78, 5) is 28.7. The highest BCUT2D eigenvalue weighted by molar-refractivity contribution is 6.33. The molecule has 0 bridgehead atoms. The fourth-order valence-corrected chi connectivity index (χ4v) is 4.36. The Kier molecular flexibility index (Phi) is 4.27. The van der Waals surface area contributed by atoms with Crippen molar-refractivity contribution in [1.82, 2.24) is 9.80 Å². The maximum absolute atomic E-state index is 13.0. The van der Waals surface area contributed by atoms with Crippen molar-refractivity contribution >= 4 is 23.4 Å². The van der Waals surface area contributed by atoms with Gasteiger partial charge in [0.05, 0.1) is 10.6 Å². The van der Waals surface area contributed by atoms with Gasteiger partial charge in [0.2, 0.25) is 5.91 Å². The normalized spacial score (nSPS) is 22.7. The van der Waals surface area contributed by atoms with Gasteiger partial charge in [0.15, 0.2) is 0 Å². The number of furan rings is 1. The second-order valence-electron chi connectivity index (χ2n) is 7.14. The second-order valence-corrected chi connectivity index (χ2v) is 7.54. The van der Waals surface area contributed by atoms with E-state index in [2.05, 4.69) is 0 Å². The van der Waals surface area contributed by atoms with Gasteiger partial charge in [0.1, 0.15) is 11.5 Å². The first-order chi connectivity index (χ1) is 12.5. The van der Waals surface area contributed by atoms with Crippen LogP contribution >= 0.6 is 11.6 Å². The summed E-state index contributed by atoms with van der Waals surface area (Å²) >= 11 is 6.24. The number of aryl methyl sites for hydroxylation is 1. The molecule has 5 nitrogen and oxygen atoms in total. The Morgan fingerprint density at radius 2 is 2.08 bits per heavy atom. The minimum absolute atomic E-state index is 0.0370. The molecule has 2 saturated heterocycles. The number of carbonyl (C=O) groups excluding carboxylic acids is 2. The fourth-order valence-electron chi connectivity index (χ4n) is 4.13. The molecule has 0 spiro atoms. The van der Waals surface area contributed by atoms with Crippen LogP contribution in [0.15, 0.2) is 34.7 Å². The molecule has 0 radical (unpaired) electrons. The molecule has 26 heavy (non-hydrogen) atoms. The summed E-state index contributed by atoms with van der Waals surface area (Å²) in [5.74, 6) is 1.55. The van der Waals surface area contributed by atoms with Gasteiger partial charge in [-0.3, -0.25) is 9.59 Å². The van der Waals surface area contributed by atoms with Crippen LogP contribution in [0.3, 0.4) is 0 Å². The lowest BCUT2D eigenvalue weighted by Crippen LogP contribution is -2.47. The van der Waals surface area contributed by atoms with Gasteiger partial charge in [-0.15, -0.1) is 0 Å². The molecule has 2 aromatic rings. The summed E-state index contributed by atoms with van der Waals surface area (Å²) < 4.78 is 5.82. The molecule has 0 saturated carbocycles. The first-order valence-electron chi connectivity index (χ1n) is 8.86. The highest BCUT2D eigenvalue weighted by atomic mass is 35.5. The SMILES string of the molecule is Cc1oc(-c2ccccc2Cl)cc1C(=O)N1CC[C@H]2[C@H](CC(=O)N2C)C1. The van der Waals surface area contributed by atoms with Gasteiger partial charge < -0.3 is 14.2 Å². The highest BCUT2D eigenvalue weighted by Gasteiger charge is 2.42. The largest absolute Gasteiger partial charge is 0.460 e. The Balaban J connectivity index is 1.56. The van der Waals surface area contributed by atoms with Crippen molar-refractivity contribution in [2.24, 2.45) is 5.92 Å². The molecule has 0 aliphatic carbocycles. The fraction of sp³-hybridized carbons (Fsp3) is 0.400. The average molecular weight is 373 g/mol. The van der Waals surface area contributed by atoms with E-state index in [9.17, 15) is 9.59 Å². The van der Waals surface area contributed by atoms with Crippen LogP contribution in [0, 0.1) is 12.8 Å². The van der Waals surface area contributed by atoms with Crippen molar-refractivity contribution in [3.05, 3.63) is 46.7 Å². The smallest absolute Gasteiger partial charge is 0.257 e. The van der Waals surface area contributed by atoms with E-state index in [0.717, 1.165) is 12.0 Å². The minimum atomic E-state index is -0.0370. The quantitative estimate of drug-likeness (QED) is 0.809. The predicted molar refractivity (Wildman–Crippen MR) is 99.1 cm³/mol. The number of hydrogen-bond donors (Lipinski definition) is 0. The first-order valence-corrected chi connectivity index (χ1v) is 9.23. The summed E-state index contributed by atoms with van der Waals surface area (Å²) in [6.07, 6.45) is 1.35. The van der Waals surface area contributed by atoms with E-state index in [4.69, 9.17) is 16.0 Å². The number of carbonyl (C=O) groups is 2. The van der Waals surface area contributed by atoms with Crippen molar-refractivity contribution < 1.29 is 14.0 Å². The summed E-state index contributed by atoms with van der Waals surface area (Å²) in [5.41, 5.74) is 1.34. The zero-order valence-corrected chi connectivity index (χ0v) is 15.6. The monoisotopic (exact) mass is 372 g/mol. The van der Waals surface area contributed by atoms with Crippen molar-refractivity contribution in [2.75, 3.05) is 20.1 Å². The molecule has 0 N–H and O–H groups in total. The van der Waals surface area contributed by atoms with E-state index < -0.39 is 0 Å². The summed E-state index contributed by atoms with van der Waals surface area (Å²) in [6, 6.07) is 9.46. The van der Waals surface area contributed by atoms with Gasteiger partial charge in [-0.1, -0.05) is 23.7 Å². The van der Waals surface area contributed by atoms with E-state index in [1.165, 1.54) is 0 Å². The van der Waals surface area contributed by atoms with E-state index >= 15 is 0 Å². The lowest BCUT2D eigenvalue weighted by atomic mass is 9.92. The molecule has 2 aliphatic rings. The Morgan fingerprint density at radius 1 is 1.31 bits per heavy atom. The van der Waals surface area contributed by atoms with Crippen LogP contribution in [0.25, 0.3) is 11.3 Å². The molecule has 2 aliphatic heterocycles. The third-order valence-corrected chi connectivity index (χ3v) is 5.93.